The largest absolute Gasteiger partial charge is 0.493 e. The highest BCUT2D eigenvalue weighted by atomic mass is 16.6. The number of hydrogen-bond donors (Lipinski definition) is 0. The summed E-state index contributed by atoms with van der Waals surface area (Å²) >= 11 is 0. The van der Waals surface area contributed by atoms with Crippen molar-refractivity contribution in [2.24, 2.45) is 0 Å². The van der Waals surface area contributed by atoms with Crippen LogP contribution in [0.1, 0.15) is 31.7 Å². The average molecular weight is 220 g/mol. The highest BCUT2D eigenvalue weighted by molar-refractivity contribution is 5.34. The van der Waals surface area contributed by atoms with Gasteiger partial charge in [0, 0.05) is 6.42 Å². The monoisotopic (exact) mass is 220 g/mol. The molecule has 0 saturated carbocycles. The molecular weight excluding hydrogens is 200 g/mol. The van der Waals surface area contributed by atoms with Gasteiger partial charge < -0.3 is 9.47 Å². The minimum Gasteiger partial charge on any atom is -0.493 e. The third-order valence-electron chi connectivity index (χ3n) is 2.83. The van der Waals surface area contributed by atoms with Crippen molar-refractivity contribution in [3.8, 4) is 5.75 Å². The summed E-state index contributed by atoms with van der Waals surface area (Å²) in [5, 5.41) is 0. The van der Waals surface area contributed by atoms with Crippen molar-refractivity contribution >= 4 is 0 Å². The van der Waals surface area contributed by atoms with E-state index in [0.717, 1.165) is 31.8 Å². The zero-order chi connectivity index (χ0) is 11.2. The summed E-state index contributed by atoms with van der Waals surface area (Å²) in [6.07, 6.45) is 5.05. The molecule has 0 spiro atoms. The zero-order valence-corrected chi connectivity index (χ0v) is 9.95. The number of para-hydroxylation sites is 1. The van der Waals surface area contributed by atoms with Crippen molar-refractivity contribution in [3.63, 3.8) is 0 Å². The number of rotatable bonds is 7. The quantitative estimate of drug-likeness (QED) is 0.520. The molecule has 16 heavy (non-hydrogen) atoms. The van der Waals surface area contributed by atoms with Crippen LogP contribution in [0, 0.1) is 0 Å². The minimum absolute atomic E-state index is 0.431. The van der Waals surface area contributed by atoms with Gasteiger partial charge in [-0.25, -0.2) is 0 Å². The Hall–Kier alpha value is -1.02. The molecule has 0 aliphatic carbocycles. The molecule has 0 bridgehead atoms. The van der Waals surface area contributed by atoms with Gasteiger partial charge in [0.2, 0.25) is 0 Å². The molecule has 0 amide bonds. The van der Waals surface area contributed by atoms with E-state index in [9.17, 15) is 0 Å². The lowest BCUT2D eigenvalue weighted by Gasteiger charge is -2.10. The molecule has 1 unspecified atom stereocenters. The van der Waals surface area contributed by atoms with Crippen LogP contribution >= 0.6 is 0 Å². The average Bonchev–Trinajstić information content (AvgIpc) is 3.10. The standard InChI is InChI=1S/C14H20O2/c1-2-3-6-9-15-14-8-5-4-7-12(14)10-13-11-16-13/h4-5,7-8,13H,2-3,6,9-11H2,1H3. The summed E-state index contributed by atoms with van der Waals surface area (Å²) in [6, 6.07) is 8.30. The Labute approximate surface area is 97.6 Å². The van der Waals surface area contributed by atoms with Crippen molar-refractivity contribution in [2.75, 3.05) is 13.2 Å². The third kappa shape index (κ3) is 3.53. The van der Waals surface area contributed by atoms with E-state index in [-0.39, 0.29) is 0 Å². The molecular formula is C14H20O2. The highest BCUT2D eigenvalue weighted by Crippen LogP contribution is 2.24. The fourth-order valence-electron chi connectivity index (χ4n) is 1.78. The number of hydrogen-bond acceptors (Lipinski definition) is 2. The molecule has 1 fully saturated rings. The van der Waals surface area contributed by atoms with Crippen LogP contribution < -0.4 is 4.74 Å². The van der Waals surface area contributed by atoms with E-state index in [0.29, 0.717) is 6.10 Å². The van der Waals surface area contributed by atoms with Crippen LogP contribution in [0.2, 0.25) is 0 Å². The lowest BCUT2D eigenvalue weighted by atomic mass is 10.1. The fraction of sp³-hybridized carbons (Fsp3) is 0.571. The first-order chi connectivity index (χ1) is 7.90. The predicted octanol–water partition coefficient (Wildman–Crippen LogP) is 3.20. The smallest absolute Gasteiger partial charge is 0.122 e. The molecule has 88 valence electrons. The van der Waals surface area contributed by atoms with Gasteiger partial charge in [-0.05, 0) is 18.1 Å². The first kappa shape index (κ1) is 11.5. The summed E-state index contributed by atoms with van der Waals surface area (Å²) in [6.45, 7) is 3.94. The van der Waals surface area contributed by atoms with Crippen molar-refractivity contribution in [3.05, 3.63) is 29.8 Å². The molecule has 1 atom stereocenters. The lowest BCUT2D eigenvalue weighted by molar-refractivity contribution is 0.301. The molecule has 2 rings (SSSR count). The molecule has 0 radical (unpaired) electrons. The molecule has 1 saturated heterocycles. The summed E-state index contributed by atoms with van der Waals surface area (Å²) in [5.74, 6) is 1.04. The van der Waals surface area contributed by atoms with E-state index in [1.54, 1.807) is 0 Å². The molecule has 1 aliphatic heterocycles. The molecule has 2 nitrogen and oxygen atoms in total. The summed E-state index contributed by atoms with van der Waals surface area (Å²) in [7, 11) is 0. The number of epoxide rings is 1. The maximum Gasteiger partial charge on any atom is 0.122 e. The van der Waals surface area contributed by atoms with E-state index >= 15 is 0 Å². The zero-order valence-electron chi connectivity index (χ0n) is 9.95. The Balaban J connectivity index is 1.85. The lowest BCUT2D eigenvalue weighted by Crippen LogP contribution is -2.02. The van der Waals surface area contributed by atoms with Gasteiger partial charge in [0.1, 0.15) is 5.75 Å². The van der Waals surface area contributed by atoms with Crippen LogP contribution in [0.4, 0.5) is 0 Å². The van der Waals surface area contributed by atoms with Gasteiger partial charge in [-0.3, -0.25) is 0 Å². The van der Waals surface area contributed by atoms with Crippen LogP contribution in [0.5, 0.6) is 5.75 Å². The number of ether oxygens (including phenoxy) is 2. The minimum atomic E-state index is 0.431. The van der Waals surface area contributed by atoms with Crippen LogP contribution in [-0.4, -0.2) is 19.3 Å². The van der Waals surface area contributed by atoms with Gasteiger partial charge in [0.15, 0.2) is 0 Å². The maximum absolute atomic E-state index is 5.81. The van der Waals surface area contributed by atoms with Gasteiger partial charge in [-0.15, -0.1) is 0 Å². The van der Waals surface area contributed by atoms with Gasteiger partial charge in [-0.1, -0.05) is 38.0 Å². The van der Waals surface area contributed by atoms with Crippen LogP contribution in [0.3, 0.4) is 0 Å². The van der Waals surface area contributed by atoms with Crippen LogP contribution in [-0.2, 0) is 11.2 Å². The second-order valence-electron chi connectivity index (χ2n) is 4.32. The van der Waals surface area contributed by atoms with Crippen molar-refractivity contribution in [1.82, 2.24) is 0 Å². The van der Waals surface area contributed by atoms with Gasteiger partial charge in [-0.2, -0.15) is 0 Å². The molecule has 1 aliphatic rings. The first-order valence-electron chi connectivity index (χ1n) is 6.22. The Morgan fingerprint density at radius 2 is 2.12 bits per heavy atom. The van der Waals surface area contributed by atoms with Crippen LogP contribution in [0.25, 0.3) is 0 Å². The summed E-state index contributed by atoms with van der Waals surface area (Å²) in [5.41, 5.74) is 1.28. The second kappa shape index (κ2) is 5.90. The Morgan fingerprint density at radius 3 is 2.88 bits per heavy atom. The fourth-order valence-corrected chi connectivity index (χ4v) is 1.78. The van der Waals surface area contributed by atoms with E-state index in [1.807, 2.05) is 6.07 Å². The molecule has 1 heterocycles. The molecule has 0 aromatic heterocycles. The van der Waals surface area contributed by atoms with E-state index in [1.165, 1.54) is 18.4 Å². The molecule has 1 aromatic carbocycles. The topological polar surface area (TPSA) is 21.8 Å². The van der Waals surface area contributed by atoms with Crippen molar-refractivity contribution in [1.29, 1.82) is 0 Å². The van der Waals surface area contributed by atoms with Crippen LogP contribution in [0.15, 0.2) is 24.3 Å². The molecule has 0 N–H and O–H groups in total. The first-order valence-corrected chi connectivity index (χ1v) is 6.22. The Bertz CT molecular complexity index is 318. The second-order valence-corrected chi connectivity index (χ2v) is 4.32. The van der Waals surface area contributed by atoms with E-state index in [2.05, 4.69) is 25.1 Å². The van der Waals surface area contributed by atoms with Crippen molar-refractivity contribution < 1.29 is 9.47 Å². The molecule has 1 aromatic rings. The summed E-state index contributed by atoms with van der Waals surface area (Å²) in [4.78, 5) is 0. The SMILES string of the molecule is CCCCCOc1ccccc1CC1CO1. The van der Waals surface area contributed by atoms with E-state index in [4.69, 9.17) is 9.47 Å². The number of unbranched alkanes of at least 4 members (excludes halogenated alkanes) is 2. The van der Waals surface area contributed by atoms with Crippen molar-refractivity contribution in [2.45, 2.75) is 38.7 Å². The highest BCUT2D eigenvalue weighted by Gasteiger charge is 2.23. The maximum atomic E-state index is 5.81. The summed E-state index contributed by atoms with van der Waals surface area (Å²) < 4.78 is 11.1. The predicted molar refractivity (Wildman–Crippen MR) is 64.9 cm³/mol. The van der Waals surface area contributed by atoms with E-state index < -0.39 is 0 Å². The van der Waals surface area contributed by atoms with Gasteiger partial charge >= 0.3 is 0 Å². The Kier molecular flexibility index (Phi) is 4.23. The van der Waals surface area contributed by atoms with Gasteiger partial charge in [0.05, 0.1) is 19.3 Å². The molecule has 2 heteroatoms. The number of benzene rings is 1. The Morgan fingerprint density at radius 1 is 1.31 bits per heavy atom. The van der Waals surface area contributed by atoms with Gasteiger partial charge in [0.25, 0.3) is 0 Å². The normalized spacial score (nSPS) is 18.4. The third-order valence-corrected chi connectivity index (χ3v) is 2.83.